The van der Waals surface area contributed by atoms with Crippen LogP contribution in [0.15, 0.2) is 23.7 Å². The summed E-state index contributed by atoms with van der Waals surface area (Å²) in [4.78, 5) is 46.7. The first kappa shape index (κ1) is 26.8. The molecule has 2 aliphatic rings. The summed E-state index contributed by atoms with van der Waals surface area (Å²) in [5.74, 6) is -0.856. The number of hydrogen-bond acceptors (Lipinski definition) is 6. The molecule has 8 nitrogen and oxygen atoms in total. The van der Waals surface area contributed by atoms with Crippen molar-refractivity contribution in [1.29, 1.82) is 5.26 Å². The number of carbonyl (C=O) groups is 3. The fourth-order valence-corrected chi connectivity index (χ4v) is 5.62. The van der Waals surface area contributed by atoms with Crippen LogP contribution in [0.4, 0.5) is 0 Å². The quantitative estimate of drug-likeness (QED) is 0.574. The normalized spacial score (nSPS) is 19.1. The first-order valence-electron chi connectivity index (χ1n) is 12.8. The molecule has 0 radical (unpaired) electrons. The van der Waals surface area contributed by atoms with Crippen LogP contribution in [0.1, 0.15) is 63.3 Å². The van der Waals surface area contributed by atoms with E-state index in [0.29, 0.717) is 32.4 Å². The molecule has 2 N–H and O–H groups in total. The molecule has 0 bridgehead atoms. The summed E-state index contributed by atoms with van der Waals surface area (Å²) < 4.78 is 0. The number of aromatic nitrogens is 1. The second-order valence-electron chi connectivity index (χ2n) is 11.3. The minimum atomic E-state index is -1.02. The Kier molecular flexibility index (Phi) is 7.43. The Balaban J connectivity index is 1.42. The molecule has 1 aliphatic carbocycles. The van der Waals surface area contributed by atoms with Gasteiger partial charge >= 0.3 is 0 Å². The maximum Gasteiger partial charge on any atom is 0.246 e. The number of benzene rings is 1. The highest BCUT2D eigenvalue weighted by molar-refractivity contribution is 7.13. The Hall–Kier alpha value is -3.25. The van der Waals surface area contributed by atoms with Gasteiger partial charge in [-0.2, -0.15) is 5.26 Å². The van der Waals surface area contributed by atoms with Gasteiger partial charge in [-0.15, -0.1) is 11.3 Å². The van der Waals surface area contributed by atoms with Gasteiger partial charge in [0.1, 0.15) is 17.5 Å². The fourth-order valence-electron chi connectivity index (χ4n) is 4.82. The molecule has 1 aromatic heterocycles. The number of rotatable bonds is 7. The zero-order valence-corrected chi connectivity index (χ0v) is 23.0. The van der Waals surface area contributed by atoms with E-state index in [2.05, 4.69) is 27.8 Å². The summed E-state index contributed by atoms with van der Waals surface area (Å²) in [6.45, 7) is 10.5. The van der Waals surface area contributed by atoms with Crippen molar-refractivity contribution < 1.29 is 14.4 Å². The Morgan fingerprint density at radius 1 is 1.27 bits per heavy atom. The van der Waals surface area contributed by atoms with Crippen molar-refractivity contribution in [2.75, 3.05) is 6.54 Å². The number of amides is 3. The molecule has 1 aromatic carbocycles. The highest BCUT2D eigenvalue weighted by atomic mass is 32.1. The largest absolute Gasteiger partial charge is 0.350 e. The van der Waals surface area contributed by atoms with E-state index in [9.17, 15) is 19.6 Å². The van der Waals surface area contributed by atoms with E-state index in [1.807, 2.05) is 52.3 Å². The molecule has 2 atom stereocenters. The van der Waals surface area contributed by atoms with Crippen molar-refractivity contribution in [3.8, 4) is 16.5 Å². The number of aryl methyl sites for hydroxylation is 2. The van der Waals surface area contributed by atoms with Crippen molar-refractivity contribution in [2.24, 2.45) is 10.8 Å². The number of carbonyl (C=O) groups excluding carboxylic acids is 3. The zero-order chi connectivity index (χ0) is 27.0. The first-order chi connectivity index (χ1) is 17.5. The average molecular weight is 522 g/mol. The molecular formula is C28H35N5O3S. The van der Waals surface area contributed by atoms with E-state index >= 15 is 0 Å². The topological polar surface area (TPSA) is 115 Å². The van der Waals surface area contributed by atoms with Crippen LogP contribution < -0.4 is 10.6 Å². The monoisotopic (exact) mass is 521 g/mol. The van der Waals surface area contributed by atoms with Gasteiger partial charge in [0, 0.05) is 13.1 Å². The van der Waals surface area contributed by atoms with Crippen LogP contribution in [-0.4, -0.2) is 46.2 Å². The lowest BCUT2D eigenvalue weighted by atomic mass is 9.85. The minimum absolute atomic E-state index is 0.192. The number of nitrogens with one attached hydrogen (secondary N) is 2. The number of hydrogen-bond donors (Lipinski definition) is 2. The van der Waals surface area contributed by atoms with E-state index in [-0.39, 0.29) is 11.8 Å². The van der Waals surface area contributed by atoms with Gasteiger partial charge in [-0.05, 0) is 61.6 Å². The maximum absolute atomic E-state index is 13.6. The van der Waals surface area contributed by atoms with E-state index in [1.54, 1.807) is 16.2 Å². The second kappa shape index (κ2) is 10.3. The maximum atomic E-state index is 13.6. The predicted molar refractivity (Wildman–Crippen MR) is 142 cm³/mol. The standard InChI is InChI=1S/C28H35N5O3S/c1-17-13-19(22-18(2)31-16-37-22)8-9-20(17)14-30-24(34)21-7-6-12-33(21)25(35)23(27(3,4)5)32-26(36)28(15-29)10-11-28/h8-9,13,16,21,23H,6-7,10-12,14H2,1-5H3,(H,30,34)(H,32,36)/t21-,23+/m0/s1. The Labute approximate surface area is 222 Å². The molecule has 2 fully saturated rings. The molecule has 4 rings (SSSR count). The van der Waals surface area contributed by atoms with E-state index in [1.165, 1.54) is 0 Å². The molecule has 1 saturated heterocycles. The van der Waals surface area contributed by atoms with Crippen molar-refractivity contribution >= 4 is 29.1 Å². The van der Waals surface area contributed by atoms with Gasteiger partial charge in [0.15, 0.2) is 0 Å². The third-order valence-electron chi connectivity index (χ3n) is 7.43. The third kappa shape index (κ3) is 5.54. The molecule has 2 heterocycles. The number of likely N-dealkylation sites (tertiary alicyclic amines) is 1. The van der Waals surface area contributed by atoms with Crippen molar-refractivity contribution in [3.05, 3.63) is 40.5 Å². The van der Waals surface area contributed by atoms with Crippen LogP contribution in [0.25, 0.3) is 10.4 Å². The van der Waals surface area contributed by atoms with Crippen molar-refractivity contribution in [2.45, 2.75) is 78.9 Å². The third-order valence-corrected chi connectivity index (χ3v) is 8.41. The lowest BCUT2D eigenvalue weighted by molar-refractivity contribution is -0.144. The zero-order valence-electron chi connectivity index (χ0n) is 22.2. The molecule has 9 heteroatoms. The van der Waals surface area contributed by atoms with Gasteiger partial charge in [0.05, 0.1) is 22.2 Å². The predicted octanol–water partition coefficient (Wildman–Crippen LogP) is 3.87. The molecule has 0 unspecified atom stereocenters. The Morgan fingerprint density at radius 3 is 2.57 bits per heavy atom. The molecule has 2 aromatic rings. The minimum Gasteiger partial charge on any atom is -0.350 e. The molecule has 3 amide bonds. The summed E-state index contributed by atoms with van der Waals surface area (Å²) >= 11 is 1.61. The lowest BCUT2D eigenvalue weighted by Gasteiger charge is -2.35. The second-order valence-corrected chi connectivity index (χ2v) is 12.1. The molecule has 1 saturated carbocycles. The summed E-state index contributed by atoms with van der Waals surface area (Å²) in [6.07, 6.45) is 2.32. The number of nitriles is 1. The number of nitrogens with zero attached hydrogens (tertiary/aromatic N) is 3. The average Bonchev–Trinajstić information content (AvgIpc) is 3.28. The SMILES string of the molecule is Cc1cc(-c2scnc2C)ccc1CNC(=O)[C@@H]1CCCN1C(=O)[C@@H](NC(=O)C1(C#N)CC1)C(C)(C)C. The molecular weight excluding hydrogens is 486 g/mol. The Bertz CT molecular complexity index is 1250. The van der Waals surface area contributed by atoms with E-state index < -0.39 is 28.8 Å². The fraction of sp³-hybridized carbons (Fsp3) is 0.536. The van der Waals surface area contributed by atoms with Gasteiger partial charge < -0.3 is 15.5 Å². The molecule has 1 aliphatic heterocycles. The highest BCUT2D eigenvalue weighted by Gasteiger charge is 2.53. The first-order valence-corrected chi connectivity index (χ1v) is 13.7. The molecule has 196 valence electrons. The van der Waals surface area contributed by atoms with E-state index in [0.717, 1.165) is 33.7 Å². The molecule has 0 spiro atoms. The smallest absolute Gasteiger partial charge is 0.246 e. The molecule has 37 heavy (non-hydrogen) atoms. The van der Waals surface area contributed by atoms with Gasteiger partial charge in [-0.1, -0.05) is 39.0 Å². The van der Waals surface area contributed by atoms with Gasteiger partial charge in [0.2, 0.25) is 17.7 Å². The van der Waals surface area contributed by atoms with Crippen LogP contribution >= 0.6 is 11.3 Å². The van der Waals surface area contributed by atoms with Gasteiger partial charge in [0.25, 0.3) is 0 Å². The summed E-state index contributed by atoms with van der Waals surface area (Å²) in [6, 6.07) is 6.87. The Morgan fingerprint density at radius 2 is 2.00 bits per heavy atom. The van der Waals surface area contributed by atoms with Crippen LogP contribution in [0.5, 0.6) is 0 Å². The van der Waals surface area contributed by atoms with Crippen molar-refractivity contribution in [1.82, 2.24) is 20.5 Å². The summed E-state index contributed by atoms with van der Waals surface area (Å²) in [5, 5.41) is 15.3. The van der Waals surface area contributed by atoms with Crippen LogP contribution in [0.3, 0.4) is 0 Å². The van der Waals surface area contributed by atoms with Gasteiger partial charge in [-0.3, -0.25) is 14.4 Å². The highest BCUT2D eigenvalue weighted by Crippen LogP contribution is 2.45. The van der Waals surface area contributed by atoms with Gasteiger partial charge in [-0.25, -0.2) is 4.98 Å². The van der Waals surface area contributed by atoms with Crippen molar-refractivity contribution in [3.63, 3.8) is 0 Å². The van der Waals surface area contributed by atoms with Crippen LogP contribution in [0, 0.1) is 36.0 Å². The lowest BCUT2D eigenvalue weighted by Crippen LogP contribution is -2.58. The number of thiazole rings is 1. The summed E-state index contributed by atoms with van der Waals surface area (Å²) in [7, 11) is 0. The van der Waals surface area contributed by atoms with Crippen LogP contribution in [0.2, 0.25) is 0 Å². The summed E-state index contributed by atoms with van der Waals surface area (Å²) in [5.41, 5.74) is 4.45. The van der Waals surface area contributed by atoms with Crippen LogP contribution in [-0.2, 0) is 20.9 Å². The van der Waals surface area contributed by atoms with E-state index in [4.69, 9.17) is 0 Å².